The predicted molar refractivity (Wildman–Crippen MR) is 127 cm³/mol. The van der Waals surface area contributed by atoms with E-state index < -0.39 is 18.0 Å². The Morgan fingerprint density at radius 3 is 2.80 bits per heavy atom. The van der Waals surface area contributed by atoms with Crippen LogP contribution in [0.5, 0.6) is 0 Å². The molecule has 2 aliphatic heterocycles. The van der Waals surface area contributed by atoms with Gasteiger partial charge in [0, 0.05) is 20.4 Å². The molecule has 1 N–H and O–H groups in total. The minimum absolute atomic E-state index is 0. The van der Waals surface area contributed by atoms with Crippen molar-refractivity contribution < 1.29 is 19.7 Å². The first-order valence-corrected chi connectivity index (χ1v) is 12.4. The molecule has 0 radical (unpaired) electrons. The topological polar surface area (TPSA) is 89.6 Å². The maximum Gasteiger partial charge on any atom is 0.284 e. The highest BCUT2D eigenvalue weighted by molar-refractivity contribution is 6.08. The highest BCUT2D eigenvalue weighted by Crippen LogP contribution is 2.36. The Balaban J connectivity index is 0.00000267. The zero-order chi connectivity index (χ0) is 24.1. The van der Waals surface area contributed by atoms with E-state index in [0.717, 1.165) is 50.9 Å². The van der Waals surface area contributed by atoms with E-state index in [-0.39, 0.29) is 30.9 Å². The average molecular weight is 488 g/mol. The molecule has 6 rings (SSSR count). The second-order valence-electron chi connectivity index (χ2n) is 9.86. The smallest absolute Gasteiger partial charge is 0.284 e. The number of anilines is 2. The van der Waals surface area contributed by atoms with Gasteiger partial charge in [-0.2, -0.15) is 10.2 Å². The van der Waals surface area contributed by atoms with Crippen LogP contribution in [-0.4, -0.2) is 55.6 Å². The molecule has 2 atom stereocenters. The number of carbonyl (C=O) groups excluding carboxylic acids is 1. The van der Waals surface area contributed by atoms with Crippen molar-refractivity contribution in [2.45, 2.75) is 70.1 Å². The molecule has 1 aliphatic carbocycles. The predicted octanol–water partition coefficient (Wildman–Crippen LogP) is 4.48. The maximum atomic E-state index is 13.8. The molecule has 188 valence electrons. The Labute approximate surface area is 202 Å². The van der Waals surface area contributed by atoms with Crippen LogP contribution >= 0.6 is 0 Å². The van der Waals surface area contributed by atoms with Crippen LogP contribution < -0.4 is 10.2 Å². The SMILES string of the molecule is CCC1CCC(n2cc(NC(=O)c3cnn4ccc(N5CC6CC5CO6)nc34)c(C(F)F)n2)CC1.[HH]. The lowest BCUT2D eigenvalue weighted by Gasteiger charge is -2.27. The van der Waals surface area contributed by atoms with Gasteiger partial charge < -0.3 is 15.0 Å². The second kappa shape index (κ2) is 8.85. The first-order valence-electron chi connectivity index (χ1n) is 12.4. The van der Waals surface area contributed by atoms with Crippen LogP contribution in [0.4, 0.5) is 20.3 Å². The summed E-state index contributed by atoms with van der Waals surface area (Å²) < 4.78 is 36.4. The van der Waals surface area contributed by atoms with Gasteiger partial charge in [-0.05, 0) is 44.1 Å². The number of ether oxygens (including phenoxy) is 1. The van der Waals surface area contributed by atoms with Gasteiger partial charge >= 0.3 is 0 Å². The molecule has 3 fully saturated rings. The minimum Gasteiger partial charge on any atom is -0.374 e. The molecular weight excluding hydrogens is 456 g/mol. The minimum atomic E-state index is -2.79. The van der Waals surface area contributed by atoms with Crippen molar-refractivity contribution in [1.29, 1.82) is 0 Å². The van der Waals surface area contributed by atoms with E-state index in [1.54, 1.807) is 17.1 Å². The molecule has 3 aromatic rings. The van der Waals surface area contributed by atoms with E-state index in [2.05, 4.69) is 27.3 Å². The molecule has 2 unspecified atom stereocenters. The average Bonchev–Trinajstić information content (AvgIpc) is 3.66. The molecule has 2 saturated heterocycles. The van der Waals surface area contributed by atoms with Gasteiger partial charge in [0.2, 0.25) is 0 Å². The van der Waals surface area contributed by atoms with Crippen molar-refractivity contribution in [3.8, 4) is 0 Å². The molecule has 1 amide bonds. The molecule has 0 spiro atoms. The van der Waals surface area contributed by atoms with Crippen LogP contribution in [-0.2, 0) is 4.74 Å². The van der Waals surface area contributed by atoms with Gasteiger partial charge in [-0.1, -0.05) is 13.3 Å². The second-order valence-corrected chi connectivity index (χ2v) is 9.86. The van der Waals surface area contributed by atoms with Crippen LogP contribution in [0.2, 0.25) is 0 Å². The normalized spacial score (nSPS) is 26.2. The van der Waals surface area contributed by atoms with Crippen LogP contribution in [0.3, 0.4) is 0 Å². The summed E-state index contributed by atoms with van der Waals surface area (Å²) in [6.07, 6.45) is 8.18. The summed E-state index contributed by atoms with van der Waals surface area (Å²) in [6.45, 7) is 3.62. The lowest BCUT2D eigenvalue weighted by Crippen LogP contribution is -2.37. The Bertz CT molecular complexity index is 1240. The summed E-state index contributed by atoms with van der Waals surface area (Å²) in [7, 11) is 0. The first-order chi connectivity index (χ1) is 17.0. The van der Waals surface area contributed by atoms with Crippen molar-refractivity contribution in [2.24, 2.45) is 5.92 Å². The number of fused-ring (bicyclic) bond motifs is 3. The number of alkyl halides is 2. The number of aromatic nitrogens is 5. The number of amides is 1. The van der Waals surface area contributed by atoms with Gasteiger partial charge in [0.1, 0.15) is 11.4 Å². The first kappa shape index (κ1) is 22.4. The van der Waals surface area contributed by atoms with Crippen molar-refractivity contribution in [3.63, 3.8) is 0 Å². The fraction of sp³-hybridized carbons (Fsp3) is 0.583. The molecule has 2 bridgehead atoms. The Morgan fingerprint density at radius 1 is 1.29 bits per heavy atom. The van der Waals surface area contributed by atoms with Gasteiger partial charge in [-0.15, -0.1) is 0 Å². The summed E-state index contributed by atoms with van der Waals surface area (Å²) in [5.41, 5.74) is 0.234. The molecule has 35 heavy (non-hydrogen) atoms. The van der Waals surface area contributed by atoms with E-state index in [9.17, 15) is 13.6 Å². The quantitative estimate of drug-likeness (QED) is 0.552. The van der Waals surface area contributed by atoms with Crippen molar-refractivity contribution in [1.82, 2.24) is 24.4 Å². The highest BCUT2D eigenvalue weighted by atomic mass is 19.3. The summed E-state index contributed by atoms with van der Waals surface area (Å²) in [4.78, 5) is 20.1. The van der Waals surface area contributed by atoms with Crippen LogP contribution in [0, 0.1) is 5.92 Å². The largest absolute Gasteiger partial charge is 0.374 e. The van der Waals surface area contributed by atoms with E-state index in [1.165, 1.54) is 10.7 Å². The number of morpholine rings is 1. The van der Waals surface area contributed by atoms with Crippen LogP contribution in [0.25, 0.3) is 5.65 Å². The van der Waals surface area contributed by atoms with E-state index in [4.69, 9.17) is 9.72 Å². The number of carbonyl (C=O) groups is 1. The van der Waals surface area contributed by atoms with Gasteiger partial charge in [0.25, 0.3) is 12.3 Å². The summed E-state index contributed by atoms with van der Waals surface area (Å²) in [5.74, 6) is 0.908. The number of hydrogen-bond acceptors (Lipinski definition) is 6. The van der Waals surface area contributed by atoms with Crippen LogP contribution in [0.1, 0.15) is 75.4 Å². The fourth-order valence-electron chi connectivity index (χ4n) is 5.72. The lowest BCUT2D eigenvalue weighted by molar-refractivity contribution is 0.0988. The van der Waals surface area contributed by atoms with Crippen LogP contribution in [0.15, 0.2) is 24.7 Å². The molecule has 11 heteroatoms. The van der Waals surface area contributed by atoms with E-state index in [0.29, 0.717) is 18.2 Å². The number of nitrogens with one attached hydrogen (secondary N) is 1. The third kappa shape index (κ3) is 4.05. The molecule has 1 saturated carbocycles. The van der Waals surface area contributed by atoms with E-state index >= 15 is 0 Å². The molecular formula is C24H31F2N7O2. The number of hydrogen-bond donors (Lipinski definition) is 1. The molecule has 5 heterocycles. The van der Waals surface area contributed by atoms with Crippen molar-refractivity contribution in [3.05, 3.63) is 35.9 Å². The number of nitrogens with zero attached hydrogens (tertiary/aromatic N) is 6. The summed E-state index contributed by atoms with van der Waals surface area (Å²) in [5, 5.41) is 11.0. The van der Waals surface area contributed by atoms with Gasteiger partial charge in [0.15, 0.2) is 11.3 Å². The molecule has 9 nitrogen and oxygen atoms in total. The third-order valence-electron chi connectivity index (χ3n) is 7.78. The third-order valence-corrected chi connectivity index (χ3v) is 7.78. The van der Waals surface area contributed by atoms with Crippen molar-refractivity contribution in [2.75, 3.05) is 23.4 Å². The molecule has 0 aromatic carbocycles. The Kier molecular flexibility index (Phi) is 5.66. The zero-order valence-electron chi connectivity index (χ0n) is 19.6. The van der Waals surface area contributed by atoms with Crippen molar-refractivity contribution >= 4 is 23.1 Å². The van der Waals surface area contributed by atoms with E-state index in [1.807, 2.05) is 6.07 Å². The fourth-order valence-corrected chi connectivity index (χ4v) is 5.72. The summed E-state index contributed by atoms with van der Waals surface area (Å²) >= 11 is 0. The number of rotatable bonds is 6. The Morgan fingerprint density at radius 2 is 2.11 bits per heavy atom. The van der Waals surface area contributed by atoms with Gasteiger partial charge in [-0.25, -0.2) is 18.3 Å². The highest BCUT2D eigenvalue weighted by Gasteiger charge is 2.39. The standard InChI is InChI=1S/C24H29F2N7O2.H2/c1-2-14-3-5-15(6-4-14)33-12-19(21(30-33)22(25)26)28-24(34)18-10-27-32-8-7-20(29-23(18)32)31-11-17-9-16(31)13-35-17;/h7-8,10,12,14-17,22H,2-6,9,11,13H2,1H3,(H,28,34);1H. The monoisotopic (exact) mass is 487 g/mol. The Hall–Kier alpha value is -3.08. The zero-order valence-corrected chi connectivity index (χ0v) is 19.6. The summed E-state index contributed by atoms with van der Waals surface area (Å²) in [6, 6.07) is 2.22. The number of halogens is 2. The van der Waals surface area contributed by atoms with Gasteiger partial charge in [0.05, 0.1) is 36.7 Å². The molecule has 3 aliphatic rings. The lowest BCUT2D eigenvalue weighted by atomic mass is 9.85. The molecule has 3 aromatic heterocycles. The van der Waals surface area contributed by atoms with Gasteiger partial charge in [-0.3, -0.25) is 9.48 Å². The maximum absolute atomic E-state index is 13.8.